The molecule has 0 aliphatic carbocycles. The molecule has 1 saturated heterocycles. The molecule has 0 radical (unpaired) electrons. The van der Waals surface area contributed by atoms with E-state index in [0.717, 1.165) is 24.4 Å². The minimum atomic E-state index is -0.466. The standard InChI is InChI=1S/C17H26N2O3/c1-11-8-9-14(22-11)12(2)18-15(20)13-7-6-10-19(13)16(21)17(3,4)5/h8-9,12-13H,6-7,10H2,1-5H3,(H,18,20)/t12-,13+/m0/s1. The van der Waals surface area contributed by atoms with Crippen molar-refractivity contribution in [3.63, 3.8) is 0 Å². The summed E-state index contributed by atoms with van der Waals surface area (Å²) in [6, 6.07) is 3.18. The van der Waals surface area contributed by atoms with Crippen LogP contribution in [0, 0.1) is 12.3 Å². The molecule has 0 spiro atoms. The van der Waals surface area contributed by atoms with Gasteiger partial charge in [0, 0.05) is 12.0 Å². The first-order valence-electron chi connectivity index (χ1n) is 7.88. The van der Waals surface area contributed by atoms with Crippen molar-refractivity contribution in [1.82, 2.24) is 10.2 Å². The number of rotatable bonds is 3. The van der Waals surface area contributed by atoms with E-state index >= 15 is 0 Å². The normalized spacial score (nSPS) is 20.0. The summed E-state index contributed by atoms with van der Waals surface area (Å²) in [7, 11) is 0. The van der Waals surface area contributed by atoms with Gasteiger partial charge in [-0.2, -0.15) is 0 Å². The van der Waals surface area contributed by atoms with Crippen molar-refractivity contribution in [2.24, 2.45) is 5.41 Å². The molecule has 1 aliphatic rings. The fourth-order valence-electron chi connectivity index (χ4n) is 2.78. The number of nitrogens with zero attached hydrogens (tertiary/aromatic N) is 1. The summed E-state index contributed by atoms with van der Waals surface area (Å²) in [5.74, 6) is 1.49. The van der Waals surface area contributed by atoms with E-state index < -0.39 is 5.41 Å². The van der Waals surface area contributed by atoms with Crippen LogP contribution in [0.4, 0.5) is 0 Å². The van der Waals surface area contributed by atoms with Gasteiger partial charge in [-0.15, -0.1) is 0 Å². The van der Waals surface area contributed by atoms with Crippen molar-refractivity contribution < 1.29 is 14.0 Å². The van der Waals surface area contributed by atoms with E-state index in [0.29, 0.717) is 6.54 Å². The summed E-state index contributed by atoms with van der Waals surface area (Å²) in [6.07, 6.45) is 1.59. The number of amides is 2. The van der Waals surface area contributed by atoms with Crippen molar-refractivity contribution in [1.29, 1.82) is 0 Å². The van der Waals surface area contributed by atoms with Crippen molar-refractivity contribution >= 4 is 11.8 Å². The third kappa shape index (κ3) is 3.51. The maximum atomic E-state index is 12.5. The zero-order valence-corrected chi connectivity index (χ0v) is 14.1. The average molecular weight is 306 g/mol. The number of carbonyl (C=O) groups is 2. The van der Waals surface area contributed by atoms with Gasteiger partial charge in [-0.25, -0.2) is 0 Å². The predicted octanol–water partition coefficient (Wildman–Crippen LogP) is 2.80. The average Bonchev–Trinajstić information content (AvgIpc) is 3.04. The lowest BCUT2D eigenvalue weighted by Gasteiger charge is -2.30. The van der Waals surface area contributed by atoms with Crippen molar-refractivity contribution in [2.75, 3.05) is 6.54 Å². The third-order valence-electron chi connectivity index (χ3n) is 4.00. The summed E-state index contributed by atoms with van der Waals surface area (Å²) in [6.45, 7) is 10.1. The van der Waals surface area contributed by atoms with Gasteiger partial charge in [0.15, 0.2) is 0 Å². The molecular formula is C17H26N2O3. The molecule has 5 nitrogen and oxygen atoms in total. The van der Waals surface area contributed by atoms with Crippen molar-refractivity contribution in [2.45, 2.75) is 59.5 Å². The Morgan fingerprint density at radius 3 is 2.59 bits per heavy atom. The first-order valence-corrected chi connectivity index (χ1v) is 7.88. The highest BCUT2D eigenvalue weighted by atomic mass is 16.3. The highest BCUT2D eigenvalue weighted by Gasteiger charge is 2.38. The molecule has 2 heterocycles. The molecule has 22 heavy (non-hydrogen) atoms. The summed E-state index contributed by atoms with van der Waals surface area (Å²) in [4.78, 5) is 26.7. The largest absolute Gasteiger partial charge is 0.464 e. The van der Waals surface area contributed by atoms with Crippen molar-refractivity contribution in [3.8, 4) is 0 Å². The smallest absolute Gasteiger partial charge is 0.243 e. The van der Waals surface area contributed by atoms with Crippen LogP contribution in [0.3, 0.4) is 0 Å². The van der Waals surface area contributed by atoms with Gasteiger partial charge in [0.25, 0.3) is 0 Å². The highest BCUT2D eigenvalue weighted by molar-refractivity contribution is 5.90. The molecular weight excluding hydrogens is 280 g/mol. The molecule has 1 aromatic heterocycles. The number of aryl methyl sites for hydroxylation is 1. The third-order valence-corrected chi connectivity index (χ3v) is 4.00. The fraction of sp³-hybridized carbons (Fsp3) is 0.647. The quantitative estimate of drug-likeness (QED) is 0.934. The van der Waals surface area contributed by atoms with Crippen LogP contribution in [0.2, 0.25) is 0 Å². The Balaban J connectivity index is 2.03. The van der Waals surface area contributed by atoms with E-state index in [4.69, 9.17) is 4.42 Å². The fourth-order valence-corrected chi connectivity index (χ4v) is 2.78. The van der Waals surface area contributed by atoms with E-state index in [2.05, 4.69) is 5.32 Å². The molecule has 122 valence electrons. The van der Waals surface area contributed by atoms with Crippen LogP contribution in [0.15, 0.2) is 16.5 Å². The molecule has 0 unspecified atom stereocenters. The van der Waals surface area contributed by atoms with Crippen LogP contribution in [-0.4, -0.2) is 29.3 Å². The number of furan rings is 1. The molecule has 0 aromatic carbocycles. The molecule has 1 fully saturated rings. The zero-order chi connectivity index (χ0) is 16.5. The van der Waals surface area contributed by atoms with Gasteiger partial charge in [-0.05, 0) is 38.8 Å². The zero-order valence-electron chi connectivity index (χ0n) is 14.1. The lowest BCUT2D eigenvalue weighted by Crippen LogP contribution is -2.49. The molecule has 1 aromatic rings. The second kappa shape index (κ2) is 6.15. The molecule has 5 heteroatoms. The van der Waals surface area contributed by atoms with E-state index in [1.807, 2.05) is 46.8 Å². The van der Waals surface area contributed by atoms with Gasteiger partial charge in [-0.1, -0.05) is 20.8 Å². The molecule has 0 saturated carbocycles. The second-order valence-electron chi connectivity index (χ2n) is 7.09. The minimum Gasteiger partial charge on any atom is -0.464 e. The van der Waals surface area contributed by atoms with Crippen molar-refractivity contribution in [3.05, 3.63) is 23.7 Å². The Morgan fingerprint density at radius 2 is 2.05 bits per heavy atom. The number of carbonyl (C=O) groups excluding carboxylic acids is 2. The van der Waals surface area contributed by atoms with E-state index in [9.17, 15) is 9.59 Å². The summed E-state index contributed by atoms with van der Waals surface area (Å²) in [5, 5.41) is 2.96. The topological polar surface area (TPSA) is 62.6 Å². The summed E-state index contributed by atoms with van der Waals surface area (Å²) < 4.78 is 5.54. The van der Waals surface area contributed by atoms with Gasteiger partial charge in [0.2, 0.25) is 11.8 Å². The Morgan fingerprint density at radius 1 is 1.36 bits per heavy atom. The van der Waals surface area contributed by atoms with Crippen LogP contribution in [-0.2, 0) is 9.59 Å². The van der Waals surface area contributed by atoms with Gasteiger partial charge < -0.3 is 14.6 Å². The Bertz CT molecular complexity index is 556. The molecule has 1 aliphatic heterocycles. The molecule has 0 bridgehead atoms. The number of hydrogen-bond donors (Lipinski definition) is 1. The summed E-state index contributed by atoms with van der Waals surface area (Å²) >= 11 is 0. The van der Waals surface area contributed by atoms with Gasteiger partial charge in [0.1, 0.15) is 17.6 Å². The SMILES string of the molecule is Cc1ccc([C@H](C)NC(=O)[C@H]2CCCN2C(=O)C(C)(C)C)o1. The van der Waals surface area contributed by atoms with Crippen LogP contribution < -0.4 is 5.32 Å². The molecule has 2 atom stereocenters. The van der Waals surface area contributed by atoms with Crippen LogP contribution in [0.5, 0.6) is 0 Å². The maximum absolute atomic E-state index is 12.5. The van der Waals surface area contributed by atoms with Gasteiger partial charge >= 0.3 is 0 Å². The number of hydrogen-bond acceptors (Lipinski definition) is 3. The minimum absolute atomic E-state index is 0.0339. The molecule has 1 N–H and O–H groups in total. The second-order valence-corrected chi connectivity index (χ2v) is 7.09. The highest BCUT2D eigenvalue weighted by Crippen LogP contribution is 2.26. The number of likely N-dealkylation sites (tertiary alicyclic amines) is 1. The Labute approximate surface area is 132 Å². The lowest BCUT2D eigenvalue weighted by atomic mass is 9.94. The van der Waals surface area contributed by atoms with Gasteiger partial charge in [-0.3, -0.25) is 9.59 Å². The van der Waals surface area contributed by atoms with Crippen LogP contribution in [0.25, 0.3) is 0 Å². The number of nitrogens with one attached hydrogen (secondary N) is 1. The predicted molar refractivity (Wildman–Crippen MR) is 84.2 cm³/mol. The van der Waals surface area contributed by atoms with Crippen LogP contribution in [0.1, 0.15) is 58.1 Å². The monoisotopic (exact) mass is 306 g/mol. The lowest BCUT2D eigenvalue weighted by molar-refractivity contribution is -0.144. The van der Waals surface area contributed by atoms with E-state index in [1.54, 1.807) is 4.90 Å². The molecule has 2 amide bonds. The Hall–Kier alpha value is -1.78. The Kier molecular flexibility index (Phi) is 4.63. The van der Waals surface area contributed by atoms with E-state index in [1.165, 1.54) is 0 Å². The molecule has 2 rings (SSSR count). The van der Waals surface area contributed by atoms with E-state index in [-0.39, 0.29) is 23.9 Å². The summed E-state index contributed by atoms with van der Waals surface area (Å²) in [5.41, 5.74) is -0.466. The van der Waals surface area contributed by atoms with Gasteiger partial charge in [0.05, 0.1) is 6.04 Å². The maximum Gasteiger partial charge on any atom is 0.243 e. The first-order chi connectivity index (χ1) is 10.2. The van der Waals surface area contributed by atoms with Crippen LogP contribution >= 0.6 is 0 Å². The first kappa shape index (κ1) is 16.6.